The van der Waals surface area contributed by atoms with Crippen LogP contribution >= 0.6 is 0 Å². The highest BCUT2D eigenvalue weighted by molar-refractivity contribution is 5.32. The Balaban J connectivity index is 1.78. The molecule has 1 aromatic rings. The Labute approximate surface area is 113 Å². The second-order valence-electron chi connectivity index (χ2n) is 5.01. The maximum atomic E-state index is 10.6. The number of non-ortho nitro benzene ring substituents is 1. The number of nitro benzene ring substituents is 1. The molecular weight excluding hydrogens is 244 g/mol. The van der Waals surface area contributed by atoms with Crippen molar-refractivity contribution < 1.29 is 9.66 Å². The maximum Gasteiger partial charge on any atom is 0.269 e. The van der Waals surface area contributed by atoms with E-state index >= 15 is 0 Å². The Morgan fingerprint density at radius 2 is 1.89 bits per heavy atom. The molecule has 1 N–H and O–H groups in total. The summed E-state index contributed by atoms with van der Waals surface area (Å²) in [7, 11) is 1.77. The number of hydrogen-bond acceptors (Lipinski definition) is 4. The standard InChI is InChI=1S/C14H20N2O3/c1-19-14-8-4-12(5-9-14)15-10-11-2-6-13(7-3-11)16(17)18/h2-3,6-7,12,14-15H,4-5,8-10H2,1H3. The van der Waals surface area contributed by atoms with Gasteiger partial charge >= 0.3 is 0 Å². The van der Waals surface area contributed by atoms with Crippen LogP contribution in [0.1, 0.15) is 31.2 Å². The molecule has 0 aliphatic heterocycles. The van der Waals surface area contributed by atoms with Crippen LogP contribution in [-0.2, 0) is 11.3 Å². The molecule has 1 fully saturated rings. The lowest BCUT2D eigenvalue weighted by molar-refractivity contribution is -0.384. The number of hydrogen-bond donors (Lipinski definition) is 1. The summed E-state index contributed by atoms with van der Waals surface area (Å²) in [6, 6.07) is 7.26. The van der Waals surface area contributed by atoms with Crippen LogP contribution in [-0.4, -0.2) is 24.2 Å². The molecule has 1 aromatic carbocycles. The van der Waals surface area contributed by atoms with Crippen LogP contribution in [0.2, 0.25) is 0 Å². The van der Waals surface area contributed by atoms with E-state index in [-0.39, 0.29) is 10.6 Å². The molecule has 5 nitrogen and oxygen atoms in total. The first-order valence-corrected chi connectivity index (χ1v) is 6.68. The Kier molecular flexibility index (Phi) is 4.87. The number of nitrogens with one attached hydrogen (secondary N) is 1. The highest BCUT2D eigenvalue weighted by atomic mass is 16.6. The lowest BCUT2D eigenvalue weighted by Gasteiger charge is -2.28. The first kappa shape index (κ1) is 14.0. The maximum absolute atomic E-state index is 10.6. The smallest absolute Gasteiger partial charge is 0.269 e. The van der Waals surface area contributed by atoms with Gasteiger partial charge in [-0.05, 0) is 31.2 Å². The Morgan fingerprint density at radius 3 is 2.42 bits per heavy atom. The number of methoxy groups -OCH3 is 1. The Bertz CT molecular complexity index is 411. The van der Waals surface area contributed by atoms with Gasteiger partial charge in [0.2, 0.25) is 0 Å². The van der Waals surface area contributed by atoms with Crippen LogP contribution in [0.15, 0.2) is 24.3 Å². The van der Waals surface area contributed by atoms with Crippen molar-refractivity contribution in [2.75, 3.05) is 7.11 Å². The van der Waals surface area contributed by atoms with Gasteiger partial charge in [0.15, 0.2) is 0 Å². The predicted molar refractivity (Wildman–Crippen MR) is 73.0 cm³/mol. The Morgan fingerprint density at radius 1 is 1.26 bits per heavy atom. The van der Waals surface area contributed by atoms with Crippen LogP contribution in [0.3, 0.4) is 0 Å². The molecule has 1 saturated carbocycles. The number of nitro groups is 1. The normalized spacial score (nSPS) is 23.2. The quantitative estimate of drug-likeness (QED) is 0.656. The lowest BCUT2D eigenvalue weighted by atomic mass is 9.93. The van der Waals surface area contributed by atoms with Crippen LogP contribution in [0.25, 0.3) is 0 Å². The van der Waals surface area contributed by atoms with E-state index in [1.807, 2.05) is 12.1 Å². The van der Waals surface area contributed by atoms with Crippen molar-refractivity contribution in [3.05, 3.63) is 39.9 Å². The van der Waals surface area contributed by atoms with Crippen LogP contribution in [0, 0.1) is 10.1 Å². The molecule has 0 atom stereocenters. The van der Waals surface area contributed by atoms with Crippen LogP contribution < -0.4 is 5.32 Å². The summed E-state index contributed by atoms with van der Waals surface area (Å²) in [6.07, 6.45) is 4.89. The molecular formula is C14H20N2O3. The average molecular weight is 264 g/mol. The van der Waals surface area contributed by atoms with Crippen LogP contribution in [0.5, 0.6) is 0 Å². The third kappa shape index (κ3) is 4.01. The fourth-order valence-electron chi connectivity index (χ4n) is 2.50. The molecule has 0 unspecified atom stereocenters. The van der Waals surface area contributed by atoms with Gasteiger partial charge in [0.1, 0.15) is 0 Å². The number of ether oxygens (including phenoxy) is 1. The van der Waals surface area contributed by atoms with Gasteiger partial charge in [0, 0.05) is 31.8 Å². The average Bonchev–Trinajstić information content (AvgIpc) is 2.46. The fourth-order valence-corrected chi connectivity index (χ4v) is 2.50. The molecule has 0 heterocycles. The van der Waals surface area contributed by atoms with Gasteiger partial charge in [-0.25, -0.2) is 0 Å². The van der Waals surface area contributed by atoms with E-state index in [1.54, 1.807) is 19.2 Å². The molecule has 0 aromatic heterocycles. The summed E-state index contributed by atoms with van der Waals surface area (Å²) in [4.78, 5) is 10.2. The zero-order chi connectivity index (χ0) is 13.7. The monoisotopic (exact) mass is 264 g/mol. The van der Waals surface area contributed by atoms with Gasteiger partial charge in [-0.1, -0.05) is 12.1 Å². The topological polar surface area (TPSA) is 64.4 Å². The molecule has 104 valence electrons. The molecule has 1 aliphatic rings. The third-order valence-corrected chi connectivity index (χ3v) is 3.75. The summed E-state index contributed by atoms with van der Waals surface area (Å²) in [6.45, 7) is 0.764. The van der Waals surface area contributed by atoms with Gasteiger partial charge < -0.3 is 10.1 Å². The second kappa shape index (κ2) is 6.63. The van der Waals surface area contributed by atoms with Crippen molar-refractivity contribution in [2.45, 2.75) is 44.4 Å². The predicted octanol–water partition coefficient (Wildman–Crippen LogP) is 2.64. The molecule has 5 heteroatoms. The van der Waals surface area contributed by atoms with Crippen molar-refractivity contribution >= 4 is 5.69 Å². The third-order valence-electron chi connectivity index (χ3n) is 3.75. The van der Waals surface area contributed by atoms with Gasteiger partial charge in [-0.2, -0.15) is 0 Å². The van der Waals surface area contributed by atoms with E-state index in [9.17, 15) is 10.1 Å². The highest BCUT2D eigenvalue weighted by Crippen LogP contribution is 2.21. The molecule has 0 radical (unpaired) electrons. The number of rotatable bonds is 5. The highest BCUT2D eigenvalue weighted by Gasteiger charge is 2.20. The van der Waals surface area contributed by atoms with E-state index in [0.29, 0.717) is 12.1 Å². The van der Waals surface area contributed by atoms with Crippen molar-refractivity contribution in [1.29, 1.82) is 0 Å². The number of nitrogens with zero attached hydrogens (tertiary/aromatic N) is 1. The van der Waals surface area contributed by atoms with Gasteiger partial charge in [-0.15, -0.1) is 0 Å². The largest absolute Gasteiger partial charge is 0.381 e. The molecule has 0 saturated heterocycles. The Hall–Kier alpha value is -1.46. The van der Waals surface area contributed by atoms with Crippen molar-refractivity contribution in [3.63, 3.8) is 0 Å². The molecule has 0 amide bonds. The first-order chi connectivity index (χ1) is 9.19. The van der Waals surface area contributed by atoms with Crippen molar-refractivity contribution in [2.24, 2.45) is 0 Å². The summed E-state index contributed by atoms with van der Waals surface area (Å²) >= 11 is 0. The molecule has 19 heavy (non-hydrogen) atoms. The van der Waals surface area contributed by atoms with E-state index in [2.05, 4.69) is 5.32 Å². The van der Waals surface area contributed by atoms with Crippen molar-refractivity contribution in [1.82, 2.24) is 5.32 Å². The van der Waals surface area contributed by atoms with Crippen molar-refractivity contribution in [3.8, 4) is 0 Å². The van der Waals surface area contributed by atoms with E-state index in [1.165, 1.54) is 0 Å². The van der Waals surface area contributed by atoms with Gasteiger partial charge in [0.05, 0.1) is 11.0 Å². The minimum atomic E-state index is -0.372. The molecule has 0 spiro atoms. The summed E-state index contributed by atoms with van der Waals surface area (Å²) in [5, 5.41) is 14.1. The number of benzene rings is 1. The zero-order valence-corrected chi connectivity index (χ0v) is 11.2. The van der Waals surface area contributed by atoms with E-state index in [0.717, 1.165) is 37.8 Å². The first-order valence-electron chi connectivity index (χ1n) is 6.68. The summed E-state index contributed by atoms with van der Waals surface area (Å²) in [5.74, 6) is 0. The second-order valence-corrected chi connectivity index (χ2v) is 5.01. The molecule has 1 aliphatic carbocycles. The minimum Gasteiger partial charge on any atom is -0.381 e. The minimum absolute atomic E-state index is 0.143. The van der Waals surface area contributed by atoms with Crippen LogP contribution in [0.4, 0.5) is 5.69 Å². The molecule has 2 rings (SSSR count). The molecule has 0 bridgehead atoms. The summed E-state index contributed by atoms with van der Waals surface area (Å²) < 4.78 is 5.35. The van der Waals surface area contributed by atoms with E-state index in [4.69, 9.17) is 4.74 Å². The lowest BCUT2D eigenvalue weighted by Crippen LogP contribution is -2.34. The zero-order valence-electron chi connectivity index (χ0n) is 11.2. The SMILES string of the molecule is COC1CCC(NCc2ccc([N+](=O)[O-])cc2)CC1. The van der Waals surface area contributed by atoms with Gasteiger partial charge in [0.25, 0.3) is 5.69 Å². The van der Waals surface area contributed by atoms with E-state index < -0.39 is 0 Å². The van der Waals surface area contributed by atoms with Gasteiger partial charge in [-0.3, -0.25) is 10.1 Å². The fraction of sp³-hybridized carbons (Fsp3) is 0.571. The summed E-state index contributed by atoms with van der Waals surface area (Å²) in [5.41, 5.74) is 1.23.